The fourth-order valence-corrected chi connectivity index (χ4v) is 2.19. The molecule has 2 N–H and O–H groups in total. The van der Waals surface area contributed by atoms with E-state index in [2.05, 4.69) is 10.6 Å². The van der Waals surface area contributed by atoms with Gasteiger partial charge < -0.3 is 20.1 Å². The summed E-state index contributed by atoms with van der Waals surface area (Å²) in [4.78, 5) is 35.5. The third kappa shape index (κ3) is 6.91. The monoisotopic (exact) mass is 370 g/mol. The molecule has 0 heterocycles. The molecule has 142 valence electrons. The Hall–Kier alpha value is -3.19. The predicted octanol–water partition coefficient (Wildman–Crippen LogP) is 1.18. The summed E-state index contributed by atoms with van der Waals surface area (Å²) in [5.74, 6) is -0.343. The van der Waals surface area contributed by atoms with Crippen molar-refractivity contribution in [1.29, 1.82) is 0 Å². The van der Waals surface area contributed by atoms with Crippen LogP contribution in [0.1, 0.15) is 15.9 Å². The molecule has 0 radical (unpaired) electrons. The average Bonchev–Trinajstić information content (AvgIpc) is 2.71. The van der Waals surface area contributed by atoms with Crippen LogP contribution in [-0.2, 0) is 14.3 Å². The lowest BCUT2D eigenvalue weighted by Crippen LogP contribution is -2.39. The van der Waals surface area contributed by atoms with E-state index in [9.17, 15) is 14.4 Å². The van der Waals surface area contributed by atoms with E-state index in [1.807, 2.05) is 6.07 Å². The molecule has 0 aliphatic heterocycles. The smallest absolute Gasteiger partial charge is 0.258 e. The van der Waals surface area contributed by atoms with Gasteiger partial charge in [0.1, 0.15) is 5.75 Å². The van der Waals surface area contributed by atoms with Gasteiger partial charge in [0.2, 0.25) is 5.91 Å². The van der Waals surface area contributed by atoms with Crippen LogP contribution in [0.25, 0.3) is 0 Å². The number of carbonyl (C=O) groups excluding carboxylic acids is 3. The van der Waals surface area contributed by atoms with Crippen LogP contribution in [0.5, 0.6) is 5.75 Å². The molecule has 2 rings (SSSR count). The first-order valence-electron chi connectivity index (χ1n) is 8.45. The highest BCUT2D eigenvalue weighted by atomic mass is 16.5. The lowest BCUT2D eigenvalue weighted by molar-refractivity contribution is -0.127. The Morgan fingerprint density at radius 3 is 2.19 bits per heavy atom. The highest BCUT2D eigenvalue weighted by molar-refractivity contribution is 6.08. The first kappa shape index (κ1) is 20.1. The van der Waals surface area contributed by atoms with Gasteiger partial charge in [0.15, 0.2) is 12.4 Å². The second-order valence-corrected chi connectivity index (χ2v) is 5.63. The van der Waals surface area contributed by atoms with E-state index >= 15 is 0 Å². The standard InChI is InChI=1S/C20H22N2O5/c1-26-12-11-21-18(23)13-22-19(24)14-27-17-9-7-16(8-10-17)20(25)15-5-3-2-4-6-15/h2-10H,11-14H2,1H3,(H,21,23)(H,22,24). The number of amides is 2. The highest BCUT2D eigenvalue weighted by Crippen LogP contribution is 2.15. The number of hydrogen-bond donors (Lipinski definition) is 2. The van der Waals surface area contributed by atoms with Gasteiger partial charge in [-0.1, -0.05) is 30.3 Å². The van der Waals surface area contributed by atoms with Gasteiger partial charge in [0.05, 0.1) is 13.2 Å². The molecule has 0 aromatic heterocycles. The molecule has 0 aliphatic carbocycles. The van der Waals surface area contributed by atoms with E-state index in [-0.39, 0.29) is 24.8 Å². The molecule has 0 saturated carbocycles. The maximum absolute atomic E-state index is 12.3. The summed E-state index contributed by atoms with van der Waals surface area (Å²) in [5, 5.41) is 5.05. The first-order chi connectivity index (χ1) is 13.1. The summed E-state index contributed by atoms with van der Waals surface area (Å²) in [6.45, 7) is 0.440. The summed E-state index contributed by atoms with van der Waals surface area (Å²) >= 11 is 0. The third-order valence-electron chi connectivity index (χ3n) is 3.60. The van der Waals surface area contributed by atoms with E-state index in [4.69, 9.17) is 9.47 Å². The molecule has 0 saturated heterocycles. The fraction of sp³-hybridized carbons (Fsp3) is 0.250. The number of nitrogens with one attached hydrogen (secondary N) is 2. The van der Waals surface area contributed by atoms with Crippen molar-refractivity contribution in [3.8, 4) is 5.75 Å². The molecule has 0 spiro atoms. The summed E-state index contributed by atoms with van der Waals surface area (Å²) in [5.41, 5.74) is 1.14. The van der Waals surface area contributed by atoms with Gasteiger partial charge in [-0.05, 0) is 24.3 Å². The van der Waals surface area contributed by atoms with Crippen molar-refractivity contribution < 1.29 is 23.9 Å². The number of hydrogen-bond acceptors (Lipinski definition) is 5. The van der Waals surface area contributed by atoms with E-state index in [0.717, 1.165) is 0 Å². The minimum atomic E-state index is -0.415. The molecule has 0 bridgehead atoms. The molecular weight excluding hydrogens is 348 g/mol. The summed E-state index contributed by atoms with van der Waals surface area (Å²) in [6, 6.07) is 15.5. The van der Waals surface area contributed by atoms with Gasteiger partial charge in [-0.25, -0.2) is 0 Å². The lowest BCUT2D eigenvalue weighted by atomic mass is 10.0. The molecule has 2 aromatic carbocycles. The van der Waals surface area contributed by atoms with Crippen molar-refractivity contribution in [1.82, 2.24) is 10.6 Å². The number of rotatable bonds is 10. The number of ketones is 1. The van der Waals surface area contributed by atoms with Crippen LogP contribution >= 0.6 is 0 Å². The zero-order valence-electron chi connectivity index (χ0n) is 15.1. The van der Waals surface area contributed by atoms with Gasteiger partial charge in [0.25, 0.3) is 5.91 Å². The van der Waals surface area contributed by atoms with Gasteiger partial charge in [0, 0.05) is 24.8 Å². The van der Waals surface area contributed by atoms with Crippen LogP contribution in [-0.4, -0.2) is 51.0 Å². The van der Waals surface area contributed by atoms with Crippen LogP contribution in [0.3, 0.4) is 0 Å². The summed E-state index contributed by atoms with van der Waals surface area (Å²) in [7, 11) is 1.54. The van der Waals surface area contributed by atoms with Crippen LogP contribution in [0.4, 0.5) is 0 Å². The number of methoxy groups -OCH3 is 1. The third-order valence-corrected chi connectivity index (χ3v) is 3.60. The SMILES string of the molecule is COCCNC(=O)CNC(=O)COc1ccc(C(=O)c2ccccc2)cc1. The second kappa shape index (κ2) is 10.7. The van der Waals surface area contributed by atoms with Gasteiger partial charge in [-0.3, -0.25) is 14.4 Å². The molecule has 7 nitrogen and oxygen atoms in total. The highest BCUT2D eigenvalue weighted by Gasteiger charge is 2.09. The minimum absolute atomic E-state index is 0.0839. The molecule has 27 heavy (non-hydrogen) atoms. The maximum atomic E-state index is 12.3. The predicted molar refractivity (Wildman–Crippen MR) is 99.7 cm³/mol. The summed E-state index contributed by atoms with van der Waals surface area (Å²) in [6.07, 6.45) is 0. The molecular formula is C20H22N2O5. The Balaban J connectivity index is 1.75. The molecule has 7 heteroatoms. The van der Waals surface area contributed by atoms with Gasteiger partial charge >= 0.3 is 0 Å². The Morgan fingerprint density at radius 2 is 1.52 bits per heavy atom. The largest absolute Gasteiger partial charge is 0.484 e. The lowest BCUT2D eigenvalue weighted by Gasteiger charge is -2.08. The fourth-order valence-electron chi connectivity index (χ4n) is 2.19. The van der Waals surface area contributed by atoms with Gasteiger partial charge in [-0.2, -0.15) is 0 Å². The Labute approximate surface area is 157 Å². The molecule has 0 atom stereocenters. The van der Waals surface area contributed by atoms with Crippen LogP contribution in [0.2, 0.25) is 0 Å². The Bertz CT molecular complexity index is 760. The second-order valence-electron chi connectivity index (χ2n) is 5.63. The van der Waals surface area contributed by atoms with Crippen molar-refractivity contribution in [2.75, 3.05) is 33.4 Å². The number of carbonyl (C=O) groups is 3. The quantitative estimate of drug-likeness (QED) is 0.484. The molecule has 0 aliphatic rings. The van der Waals surface area contributed by atoms with Gasteiger partial charge in [-0.15, -0.1) is 0 Å². The van der Waals surface area contributed by atoms with Crippen LogP contribution in [0, 0.1) is 0 Å². The Morgan fingerprint density at radius 1 is 0.852 bits per heavy atom. The molecule has 0 fully saturated rings. The first-order valence-corrected chi connectivity index (χ1v) is 8.45. The van der Waals surface area contributed by atoms with Crippen molar-refractivity contribution in [2.45, 2.75) is 0 Å². The van der Waals surface area contributed by atoms with Crippen molar-refractivity contribution in [3.63, 3.8) is 0 Å². The normalized spacial score (nSPS) is 10.1. The zero-order chi connectivity index (χ0) is 19.5. The van der Waals surface area contributed by atoms with E-state index in [0.29, 0.717) is 30.0 Å². The number of benzene rings is 2. The average molecular weight is 370 g/mol. The maximum Gasteiger partial charge on any atom is 0.258 e. The topological polar surface area (TPSA) is 93.7 Å². The van der Waals surface area contributed by atoms with E-state index < -0.39 is 5.91 Å². The van der Waals surface area contributed by atoms with Crippen LogP contribution in [0.15, 0.2) is 54.6 Å². The minimum Gasteiger partial charge on any atom is -0.484 e. The number of ether oxygens (including phenoxy) is 2. The van der Waals surface area contributed by atoms with Crippen LogP contribution < -0.4 is 15.4 Å². The summed E-state index contributed by atoms with van der Waals surface area (Å²) < 4.78 is 10.2. The van der Waals surface area contributed by atoms with Crippen molar-refractivity contribution >= 4 is 17.6 Å². The molecule has 0 unspecified atom stereocenters. The van der Waals surface area contributed by atoms with E-state index in [1.54, 1.807) is 48.5 Å². The van der Waals surface area contributed by atoms with Crippen molar-refractivity contribution in [2.24, 2.45) is 0 Å². The molecule has 2 amide bonds. The molecule has 2 aromatic rings. The Kier molecular flexibility index (Phi) is 7.99. The zero-order valence-corrected chi connectivity index (χ0v) is 15.1. The van der Waals surface area contributed by atoms with Crippen molar-refractivity contribution in [3.05, 3.63) is 65.7 Å². The van der Waals surface area contributed by atoms with E-state index in [1.165, 1.54) is 7.11 Å².